The molecule has 0 aromatic carbocycles. The van der Waals surface area contributed by atoms with Crippen LogP contribution in [0.2, 0.25) is 0 Å². The van der Waals surface area contributed by atoms with Gasteiger partial charge in [0.25, 0.3) is 0 Å². The fraction of sp³-hybridized carbons (Fsp3) is 0.647. The van der Waals surface area contributed by atoms with Gasteiger partial charge in [-0.25, -0.2) is 9.59 Å². The van der Waals surface area contributed by atoms with E-state index in [0.717, 1.165) is 12.8 Å². The lowest BCUT2D eigenvalue weighted by molar-refractivity contribution is -0.150. The number of hydrogen-bond donors (Lipinski definition) is 3. The summed E-state index contributed by atoms with van der Waals surface area (Å²) in [4.78, 5) is 24.6. The Balaban J connectivity index is 3.31. The van der Waals surface area contributed by atoms with Crippen LogP contribution in [0.5, 0.6) is 0 Å². The van der Waals surface area contributed by atoms with Gasteiger partial charge in [-0.05, 0) is 31.1 Å². The molecule has 1 aliphatic rings. The Labute approximate surface area is 252 Å². The quantitative estimate of drug-likeness (QED) is 0.209. The van der Waals surface area contributed by atoms with Crippen molar-refractivity contribution in [3.05, 3.63) is 61.3 Å². The lowest BCUT2D eigenvalue weighted by Crippen LogP contribution is -2.37. The molecule has 0 aromatic heterocycles. The highest BCUT2D eigenvalue weighted by atomic mass is 16.7. The van der Waals surface area contributed by atoms with Crippen LogP contribution in [0, 0.1) is 35.5 Å². The summed E-state index contributed by atoms with van der Waals surface area (Å²) in [6.45, 7) is 15.4. The molecule has 1 aliphatic heterocycles. The van der Waals surface area contributed by atoms with Crippen molar-refractivity contribution in [1.82, 2.24) is 0 Å². The molecule has 0 aliphatic carbocycles. The Kier molecular flexibility index (Phi) is 17.3. The van der Waals surface area contributed by atoms with E-state index in [2.05, 4.69) is 18.2 Å². The van der Waals surface area contributed by atoms with Crippen LogP contribution >= 0.6 is 0 Å². The van der Waals surface area contributed by atoms with Crippen LogP contribution in [0.1, 0.15) is 67.2 Å². The SMILES string of the molecule is C=C/C=C\[C@H](C)[C@@H]1OC(=O)/C=C\C=C\[C@@H](C)[C@@H](OC(=O)OC)C[C@H](O)/C=C\[C@H](C)[C@H](O)[C@@H](C)C[C@@H](C)CC[C@@H](O)[C@@H]1C. The lowest BCUT2D eigenvalue weighted by Gasteiger charge is -2.31. The van der Waals surface area contributed by atoms with Crippen molar-refractivity contribution in [2.75, 3.05) is 7.11 Å². The van der Waals surface area contributed by atoms with Gasteiger partial charge in [0.2, 0.25) is 0 Å². The van der Waals surface area contributed by atoms with E-state index in [1.165, 1.54) is 13.2 Å². The molecule has 8 heteroatoms. The van der Waals surface area contributed by atoms with Gasteiger partial charge in [0.1, 0.15) is 12.2 Å². The highest BCUT2D eigenvalue weighted by molar-refractivity contribution is 5.82. The zero-order valence-electron chi connectivity index (χ0n) is 26.5. The molecule has 0 saturated heterocycles. The molecule has 0 bridgehead atoms. The van der Waals surface area contributed by atoms with Crippen molar-refractivity contribution < 1.29 is 39.1 Å². The monoisotopic (exact) mass is 590 g/mol. The third-order valence-corrected chi connectivity index (χ3v) is 8.17. The summed E-state index contributed by atoms with van der Waals surface area (Å²) >= 11 is 0. The third kappa shape index (κ3) is 13.5. The molecular weight excluding hydrogens is 536 g/mol. The van der Waals surface area contributed by atoms with Gasteiger partial charge in [-0.1, -0.05) is 96.7 Å². The van der Waals surface area contributed by atoms with Gasteiger partial charge in [0, 0.05) is 36.2 Å². The summed E-state index contributed by atoms with van der Waals surface area (Å²) < 4.78 is 15.9. The average Bonchev–Trinajstić information content (AvgIpc) is 2.96. The predicted octanol–water partition coefficient (Wildman–Crippen LogP) is 5.93. The van der Waals surface area contributed by atoms with E-state index in [1.807, 2.05) is 40.7 Å². The smallest absolute Gasteiger partial charge is 0.458 e. The fourth-order valence-corrected chi connectivity index (χ4v) is 5.35. The first-order chi connectivity index (χ1) is 19.8. The Morgan fingerprint density at radius 2 is 1.71 bits per heavy atom. The number of hydrogen-bond acceptors (Lipinski definition) is 8. The lowest BCUT2D eigenvalue weighted by atomic mass is 9.82. The van der Waals surface area contributed by atoms with E-state index in [1.54, 1.807) is 42.5 Å². The molecule has 1 heterocycles. The largest absolute Gasteiger partial charge is 0.508 e. The van der Waals surface area contributed by atoms with Crippen LogP contribution in [-0.4, -0.2) is 65.1 Å². The van der Waals surface area contributed by atoms with Crippen LogP contribution in [0.15, 0.2) is 61.3 Å². The Morgan fingerprint density at radius 3 is 2.36 bits per heavy atom. The van der Waals surface area contributed by atoms with E-state index in [9.17, 15) is 24.9 Å². The molecule has 0 spiro atoms. The summed E-state index contributed by atoms with van der Waals surface area (Å²) in [6, 6.07) is 0. The van der Waals surface area contributed by atoms with Crippen LogP contribution < -0.4 is 0 Å². The number of cyclic esters (lactones) is 1. The van der Waals surface area contributed by atoms with Crippen LogP contribution in [0.3, 0.4) is 0 Å². The summed E-state index contributed by atoms with van der Waals surface area (Å²) in [5, 5.41) is 32.7. The molecule has 0 unspecified atom stereocenters. The summed E-state index contributed by atoms with van der Waals surface area (Å²) in [5.74, 6) is -1.28. The molecule has 8 nitrogen and oxygen atoms in total. The van der Waals surface area contributed by atoms with Crippen molar-refractivity contribution >= 4 is 12.1 Å². The molecular formula is C34H54O8. The van der Waals surface area contributed by atoms with E-state index in [4.69, 9.17) is 9.47 Å². The van der Waals surface area contributed by atoms with Gasteiger partial charge in [-0.2, -0.15) is 0 Å². The molecule has 0 saturated carbocycles. The number of aliphatic hydroxyl groups excluding tert-OH is 3. The van der Waals surface area contributed by atoms with Crippen molar-refractivity contribution in [2.45, 2.75) is 97.7 Å². The van der Waals surface area contributed by atoms with Gasteiger partial charge >= 0.3 is 12.1 Å². The summed E-state index contributed by atoms with van der Waals surface area (Å²) in [6.07, 6.45) is 12.9. The van der Waals surface area contributed by atoms with E-state index < -0.39 is 42.6 Å². The van der Waals surface area contributed by atoms with Crippen LogP contribution in [-0.2, 0) is 19.0 Å². The summed E-state index contributed by atoms with van der Waals surface area (Å²) in [5.41, 5.74) is 0. The Hall–Kier alpha value is -2.68. The first-order valence-corrected chi connectivity index (χ1v) is 15.1. The van der Waals surface area contributed by atoms with Gasteiger partial charge in [-0.15, -0.1) is 0 Å². The highest BCUT2D eigenvalue weighted by Gasteiger charge is 2.31. The van der Waals surface area contributed by atoms with Gasteiger partial charge in [0.05, 0.1) is 25.4 Å². The van der Waals surface area contributed by atoms with Crippen molar-refractivity contribution in [3.63, 3.8) is 0 Å². The van der Waals surface area contributed by atoms with E-state index in [0.29, 0.717) is 6.42 Å². The first kappa shape index (κ1) is 37.3. The van der Waals surface area contributed by atoms with Gasteiger partial charge in [0.15, 0.2) is 0 Å². The second-order valence-corrected chi connectivity index (χ2v) is 12.0. The first-order valence-electron chi connectivity index (χ1n) is 15.1. The van der Waals surface area contributed by atoms with Crippen molar-refractivity contribution in [1.29, 1.82) is 0 Å². The van der Waals surface area contributed by atoms with Crippen molar-refractivity contribution in [2.24, 2.45) is 35.5 Å². The normalized spacial score (nSPS) is 37.7. The minimum atomic E-state index is -0.916. The van der Waals surface area contributed by atoms with Crippen molar-refractivity contribution in [3.8, 4) is 0 Å². The zero-order valence-corrected chi connectivity index (χ0v) is 26.5. The van der Waals surface area contributed by atoms with Gasteiger partial charge in [-0.3, -0.25) is 0 Å². The minimum Gasteiger partial charge on any atom is -0.458 e. The number of methoxy groups -OCH3 is 1. The second-order valence-electron chi connectivity index (χ2n) is 12.0. The number of aliphatic hydroxyl groups is 3. The number of carbonyl (C=O) groups excluding carboxylic acids is 2. The van der Waals surface area contributed by atoms with E-state index >= 15 is 0 Å². The maximum Gasteiger partial charge on any atom is 0.508 e. The Morgan fingerprint density at radius 1 is 1.02 bits per heavy atom. The van der Waals surface area contributed by atoms with E-state index in [-0.39, 0.29) is 41.9 Å². The molecule has 0 radical (unpaired) electrons. The molecule has 0 aromatic rings. The number of ether oxygens (including phenoxy) is 3. The highest BCUT2D eigenvalue weighted by Crippen LogP contribution is 2.28. The molecule has 238 valence electrons. The standard InChI is InChI=1S/C34H54O8/c1-9-10-13-25(5)33-27(7)29(36)19-16-22(2)20-26(6)32(38)24(4)17-18-28(35)21-30(41-34(39)40-8)23(3)14-11-12-15-31(37)42-33/h9-15,17-18,22-30,32-33,35-36,38H,1,16,19-21H2,2-8H3/b13-10-,14-11+,15-12-,18-17-/t22-,23+,24-,25-,26-,27-,28+,29+,30-,32-,33-/m0/s1. The third-order valence-electron chi connectivity index (χ3n) is 8.17. The van der Waals surface area contributed by atoms with Gasteiger partial charge < -0.3 is 29.5 Å². The number of rotatable bonds is 4. The predicted molar refractivity (Wildman–Crippen MR) is 165 cm³/mol. The van der Waals surface area contributed by atoms with Crippen LogP contribution in [0.4, 0.5) is 4.79 Å². The molecule has 1 rings (SSSR count). The zero-order chi connectivity index (χ0) is 31.8. The fourth-order valence-electron chi connectivity index (χ4n) is 5.35. The molecule has 42 heavy (non-hydrogen) atoms. The molecule has 3 N–H and O–H groups in total. The summed E-state index contributed by atoms with van der Waals surface area (Å²) in [7, 11) is 1.22. The number of carbonyl (C=O) groups is 2. The van der Waals surface area contributed by atoms with Crippen LogP contribution in [0.25, 0.3) is 0 Å². The topological polar surface area (TPSA) is 123 Å². The average molecular weight is 591 g/mol. The number of allylic oxidation sites excluding steroid dienone is 4. The molecule has 11 atom stereocenters. The number of esters is 1. The maximum absolute atomic E-state index is 12.8. The maximum atomic E-state index is 12.8. The molecule has 0 fully saturated rings. The minimum absolute atomic E-state index is 0.00524. The molecule has 0 amide bonds. The second kappa shape index (κ2) is 19.5. The Bertz CT molecular complexity index is 938.